The van der Waals surface area contributed by atoms with Gasteiger partial charge in [0.1, 0.15) is 0 Å². The van der Waals surface area contributed by atoms with Crippen molar-refractivity contribution in [3.63, 3.8) is 0 Å². The Morgan fingerprint density at radius 1 is 0.897 bits per heavy atom. The van der Waals surface area contributed by atoms with Gasteiger partial charge in [-0.1, -0.05) is 6.07 Å². The van der Waals surface area contributed by atoms with E-state index in [-0.39, 0.29) is 6.03 Å². The van der Waals surface area contributed by atoms with E-state index in [2.05, 4.69) is 31.5 Å². The highest BCUT2D eigenvalue weighted by atomic mass is 16.2. The molecule has 0 saturated carbocycles. The molecule has 3 heterocycles. The van der Waals surface area contributed by atoms with Gasteiger partial charge in [0, 0.05) is 49.8 Å². The van der Waals surface area contributed by atoms with Crippen molar-refractivity contribution in [3.05, 3.63) is 66.0 Å². The molecule has 2 aromatic heterocycles. The third-order valence-electron chi connectivity index (χ3n) is 4.99. The molecule has 1 aliphatic rings. The fraction of sp³-hybridized carbons (Fsp3) is 0.273. The number of amides is 2. The summed E-state index contributed by atoms with van der Waals surface area (Å²) >= 11 is 0. The number of hydrogen-bond acceptors (Lipinski definition) is 5. The van der Waals surface area contributed by atoms with Crippen LogP contribution in [0.15, 0.2) is 54.9 Å². The van der Waals surface area contributed by atoms with Crippen molar-refractivity contribution in [3.8, 4) is 11.3 Å². The van der Waals surface area contributed by atoms with Gasteiger partial charge in [-0.15, -0.1) is 10.2 Å². The number of carbonyl (C=O) groups is 1. The Morgan fingerprint density at radius 3 is 2.21 bits per heavy atom. The molecule has 3 aromatic rings. The highest BCUT2D eigenvalue weighted by Gasteiger charge is 2.22. The molecule has 1 N–H and O–H groups in total. The summed E-state index contributed by atoms with van der Waals surface area (Å²) in [6.07, 6.45) is 3.49. The SMILES string of the molecule is Cc1cc(C)cc(NC(=O)N2CCN(c3ccc(-c4ccncc4)nn3)CC2)c1. The van der Waals surface area contributed by atoms with Crippen molar-refractivity contribution in [2.75, 3.05) is 36.4 Å². The summed E-state index contributed by atoms with van der Waals surface area (Å²) in [6, 6.07) is 13.8. The standard InChI is InChI=1S/C22H24N6O/c1-16-13-17(2)15-19(14-16)24-22(29)28-11-9-27(10-12-28)21-4-3-20(25-26-21)18-5-7-23-8-6-18/h3-8,13-15H,9-12H2,1-2H3,(H,24,29). The Morgan fingerprint density at radius 2 is 1.59 bits per heavy atom. The average Bonchev–Trinajstić information content (AvgIpc) is 2.74. The largest absolute Gasteiger partial charge is 0.352 e. The second-order valence-electron chi connectivity index (χ2n) is 7.29. The number of pyridine rings is 1. The van der Waals surface area contributed by atoms with Crippen molar-refractivity contribution in [1.82, 2.24) is 20.1 Å². The van der Waals surface area contributed by atoms with Gasteiger partial charge in [0.2, 0.25) is 0 Å². The molecule has 7 nitrogen and oxygen atoms in total. The summed E-state index contributed by atoms with van der Waals surface area (Å²) in [5, 5.41) is 11.7. The van der Waals surface area contributed by atoms with Crippen LogP contribution in [0.4, 0.5) is 16.3 Å². The summed E-state index contributed by atoms with van der Waals surface area (Å²) in [7, 11) is 0. The van der Waals surface area contributed by atoms with Gasteiger partial charge in [0.05, 0.1) is 5.69 Å². The zero-order chi connectivity index (χ0) is 20.2. The number of rotatable bonds is 3. The van der Waals surface area contributed by atoms with E-state index in [1.165, 1.54) is 0 Å². The van der Waals surface area contributed by atoms with Gasteiger partial charge in [-0.05, 0) is 61.4 Å². The number of piperazine rings is 1. The first kappa shape index (κ1) is 18.9. The van der Waals surface area contributed by atoms with Crippen LogP contribution in [0.3, 0.4) is 0 Å². The Kier molecular flexibility index (Phi) is 5.37. The lowest BCUT2D eigenvalue weighted by atomic mass is 10.1. The molecule has 1 aliphatic heterocycles. The second-order valence-corrected chi connectivity index (χ2v) is 7.29. The predicted molar refractivity (Wildman–Crippen MR) is 114 cm³/mol. The maximum atomic E-state index is 12.6. The lowest BCUT2D eigenvalue weighted by Gasteiger charge is -2.35. The van der Waals surface area contributed by atoms with Crippen LogP contribution in [0.1, 0.15) is 11.1 Å². The van der Waals surface area contributed by atoms with Crippen LogP contribution in [0.5, 0.6) is 0 Å². The number of hydrogen-bond donors (Lipinski definition) is 1. The van der Waals surface area contributed by atoms with Crippen LogP contribution in [-0.2, 0) is 0 Å². The average molecular weight is 388 g/mol. The Labute approximate surface area is 170 Å². The minimum absolute atomic E-state index is 0.0613. The van der Waals surface area contributed by atoms with Crippen molar-refractivity contribution in [1.29, 1.82) is 0 Å². The fourth-order valence-electron chi connectivity index (χ4n) is 3.56. The molecule has 0 bridgehead atoms. The Bertz CT molecular complexity index is 962. The number of urea groups is 1. The monoisotopic (exact) mass is 388 g/mol. The van der Waals surface area contributed by atoms with Crippen LogP contribution in [0, 0.1) is 13.8 Å². The van der Waals surface area contributed by atoms with Gasteiger partial charge in [-0.3, -0.25) is 4.98 Å². The molecule has 0 unspecified atom stereocenters. The van der Waals surface area contributed by atoms with E-state index in [0.717, 1.165) is 47.0 Å². The molecule has 4 rings (SSSR count). The minimum atomic E-state index is -0.0613. The first-order chi connectivity index (χ1) is 14.1. The Hall–Kier alpha value is -3.48. The molecule has 29 heavy (non-hydrogen) atoms. The lowest BCUT2D eigenvalue weighted by molar-refractivity contribution is 0.208. The maximum absolute atomic E-state index is 12.6. The van der Waals surface area contributed by atoms with E-state index in [4.69, 9.17) is 0 Å². The summed E-state index contributed by atoms with van der Waals surface area (Å²) in [6.45, 7) is 6.80. The summed E-state index contributed by atoms with van der Waals surface area (Å²) in [5.74, 6) is 0.831. The first-order valence-electron chi connectivity index (χ1n) is 9.72. The molecular formula is C22H24N6O. The molecule has 0 aliphatic carbocycles. The third kappa shape index (κ3) is 4.51. The molecule has 7 heteroatoms. The molecule has 2 amide bonds. The molecule has 1 fully saturated rings. The van der Waals surface area contributed by atoms with Gasteiger partial charge in [-0.2, -0.15) is 0 Å². The topological polar surface area (TPSA) is 74.2 Å². The number of aromatic nitrogens is 3. The lowest BCUT2D eigenvalue weighted by Crippen LogP contribution is -2.50. The van der Waals surface area contributed by atoms with E-state index in [9.17, 15) is 4.79 Å². The van der Waals surface area contributed by atoms with Gasteiger partial charge in [0.15, 0.2) is 5.82 Å². The van der Waals surface area contributed by atoms with Gasteiger partial charge >= 0.3 is 6.03 Å². The summed E-state index contributed by atoms with van der Waals surface area (Å²) in [5.41, 5.74) is 4.93. The minimum Gasteiger partial charge on any atom is -0.352 e. The second kappa shape index (κ2) is 8.26. The highest BCUT2D eigenvalue weighted by Crippen LogP contribution is 2.19. The molecule has 0 spiro atoms. The number of benzene rings is 1. The third-order valence-corrected chi connectivity index (χ3v) is 4.99. The Balaban J connectivity index is 1.35. The normalized spacial score (nSPS) is 14.0. The van der Waals surface area contributed by atoms with E-state index in [1.54, 1.807) is 12.4 Å². The predicted octanol–water partition coefficient (Wildman–Crippen LogP) is 3.51. The van der Waals surface area contributed by atoms with Crippen molar-refractivity contribution < 1.29 is 4.79 Å². The maximum Gasteiger partial charge on any atom is 0.321 e. The van der Waals surface area contributed by atoms with E-state index in [1.807, 2.05) is 55.1 Å². The molecule has 0 radical (unpaired) electrons. The summed E-state index contributed by atoms with van der Waals surface area (Å²) in [4.78, 5) is 20.6. The van der Waals surface area contributed by atoms with Gasteiger partial charge < -0.3 is 15.1 Å². The highest BCUT2D eigenvalue weighted by molar-refractivity contribution is 5.89. The smallest absolute Gasteiger partial charge is 0.321 e. The van der Waals surface area contributed by atoms with Crippen LogP contribution in [0.25, 0.3) is 11.3 Å². The molecule has 148 valence electrons. The van der Waals surface area contributed by atoms with Crippen LogP contribution in [0.2, 0.25) is 0 Å². The zero-order valence-electron chi connectivity index (χ0n) is 16.7. The molecule has 1 saturated heterocycles. The number of carbonyl (C=O) groups excluding carboxylic acids is 1. The van der Waals surface area contributed by atoms with Crippen molar-refractivity contribution >= 4 is 17.5 Å². The van der Waals surface area contributed by atoms with E-state index < -0.39 is 0 Å². The number of aryl methyl sites for hydroxylation is 2. The van der Waals surface area contributed by atoms with Crippen molar-refractivity contribution in [2.45, 2.75) is 13.8 Å². The molecular weight excluding hydrogens is 364 g/mol. The van der Waals surface area contributed by atoms with Gasteiger partial charge in [0.25, 0.3) is 0 Å². The van der Waals surface area contributed by atoms with Crippen LogP contribution < -0.4 is 10.2 Å². The zero-order valence-corrected chi connectivity index (χ0v) is 16.7. The number of anilines is 2. The summed E-state index contributed by atoms with van der Waals surface area (Å²) < 4.78 is 0. The number of nitrogens with zero attached hydrogens (tertiary/aromatic N) is 5. The molecule has 1 aromatic carbocycles. The first-order valence-corrected chi connectivity index (χ1v) is 9.72. The van der Waals surface area contributed by atoms with Gasteiger partial charge in [-0.25, -0.2) is 4.79 Å². The van der Waals surface area contributed by atoms with Crippen molar-refractivity contribution in [2.24, 2.45) is 0 Å². The van der Waals surface area contributed by atoms with E-state index >= 15 is 0 Å². The number of nitrogens with one attached hydrogen (secondary N) is 1. The van der Waals surface area contributed by atoms with Crippen LogP contribution >= 0.6 is 0 Å². The van der Waals surface area contributed by atoms with Crippen LogP contribution in [-0.4, -0.2) is 52.3 Å². The fourth-order valence-corrected chi connectivity index (χ4v) is 3.56. The quantitative estimate of drug-likeness (QED) is 0.743. The molecule has 0 atom stereocenters. The van der Waals surface area contributed by atoms with E-state index in [0.29, 0.717) is 13.1 Å².